The Morgan fingerprint density at radius 1 is 1.75 bits per heavy atom. The Morgan fingerprint density at radius 3 is 2.92 bits per heavy atom. The van der Waals surface area contributed by atoms with Gasteiger partial charge in [0.1, 0.15) is 6.42 Å². The van der Waals surface area contributed by atoms with Gasteiger partial charge in [0, 0.05) is 25.7 Å². The topological polar surface area (TPSA) is 12.5 Å². The normalized spacial score (nSPS) is 37.6. The molecule has 68 valence electrons. The highest BCUT2D eigenvalue weighted by molar-refractivity contribution is 8.11. The zero-order chi connectivity index (χ0) is 9.19. The third-order valence-electron chi connectivity index (χ3n) is 2.29. The van der Waals surface area contributed by atoms with Crippen LogP contribution in [0.3, 0.4) is 0 Å². The fourth-order valence-electron chi connectivity index (χ4n) is 1.35. The minimum absolute atomic E-state index is 0.326. The average molecular weight is 203 g/mol. The van der Waals surface area contributed by atoms with Gasteiger partial charge in [-0.15, -0.1) is 12.3 Å². The van der Waals surface area contributed by atoms with Gasteiger partial charge in [-0.25, -0.2) is 0 Å². The van der Waals surface area contributed by atoms with Gasteiger partial charge in [-0.3, -0.25) is 4.67 Å². The molecule has 0 aromatic rings. The average Bonchev–Trinajstić information content (AvgIpc) is 2.10. The van der Waals surface area contributed by atoms with E-state index >= 15 is 0 Å². The number of hydrogen-bond acceptors (Lipinski definition) is 2. The summed E-state index contributed by atoms with van der Waals surface area (Å²) in [5.41, 5.74) is 0. The summed E-state index contributed by atoms with van der Waals surface area (Å²) in [5, 5.41) is 0. The third kappa shape index (κ3) is 1.89. The summed E-state index contributed by atoms with van der Waals surface area (Å²) < 4.78 is 7.53. The van der Waals surface area contributed by atoms with Gasteiger partial charge in [-0.05, 0) is 13.5 Å². The first-order chi connectivity index (χ1) is 5.62. The Bertz CT molecular complexity index is 248. The SMILES string of the molecule is C#CC1CCN(C)P(=S)(OC)C1. The van der Waals surface area contributed by atoms with Crippen molar-refractivity contribution in [2.75, 3.05) is 26.9 Å². The first-order valence-electron chi connectivity index (χ1n) is 3.95. The van der Waals surface area contributed by atoms with Crippen LogP contribution >= 0.6 is 6.42 Å². The van der Waals surface area contributed by atoms with E-state index < -0.39 is 6.42 Å². The summed E-state index contributed by atoms with van der Waals surface area (Å²) in [5.74, 6) is 3.09. The highest BCUT2D eigenvalue weighted by atomic mass is 32.4. The Morgan fingerprint density at radius 2 is 2.42 bits per heavy atom. The molecule has 0 aromatic carbocycles. The Hall–Kier alpha value is 0.130. The standard InChI is InChI=1S/C8H14NOPS/c1-4-8-5-6-9(2)11(12,7-8)10-3/h1,8H,5-7H2,2-3H3. The predicted octanol–water partition coefficient (Wildman–Crippen LogP) is 1.53. The molecule has 12 heavy (non-hydrogen) atoms. The fourth-order valence-corrected chi connectivity index (χ4v) is 4.11. The maximum absolute atomic E-state index is 5.44. The molecule has 1 aliphatic heterocycles. The lowest BCUT2D eigenvalue weighted by Gasteiger charge is -2.36. The second-order valence-corrected chi connectivity index (χ2v) is 7.44. The van der Waals surface area contributed by atoms with Crippen molar-refractivity contribution in [1.29, 1.82) is 0 Å². The first-order valence-corrected chi connectivity index (χ1v) is 6.81. The van der Waals surface area contributed by atoms with Crippen molar-refractivity contribution in [3.8, 4) is 12.3 Å². The number of terminal acetylenes is 1. The maximum Gasteiger partial charge on any atom is 0.132 e. The fraction of sp³-hybridized carbons (Fsp3) is 0.750. The number of hydrogen-bond donors (Lipinski definition) is 0. The van der Waals surface area contributed by atoms with Crippen LogP contribution in [-0.4, -0.2) is 31.5 Å². The van der Waals surface area contributed by atoms with E-state index in [1.54, 1.807) is 7.11 Å². The molecule has 0 spiro atoms. The zero-order valence-electron chi connectivity index (χ0n) is 7.49. The van der Waals surface area contributed by atoms with Crippen molar-refractivity contribution in [2.24, 2.45) is 5.92 Å². The van der Waals surface area contributed by atoms with Gasteiger partial charge in [0.25, 0.3) is 0 Å². The molecule has 0 amide bonds. The quantitative estimate of drug-likeness (QED) is 0.473. The lowest BCUT2D eigenvalue weighted by Crippen LogP contribution is -2.29. The van der Waals surface area contributed by atoms with Crippen LogP contribution in [0, 0.1) is 18.3 Å². The van der Waals surface area contributed by atoms with E-state index in [2.05, 4.69) is 10.6 Å². The van der Waals surface area contributed by atoms with E-state index in [4.69, 9.17) is 22.8 Å². The molecule has 4 heteroatoms. The Balaban J connectivity index is 2.73. The van der Waals surface area contributed by atoms with Crippen molar-refractivity contribution in [3.05, 3.63) is 0 Å². The van der Waals surface area contributed by atoms with Gasteiger partial charge in [-0.1, -0.05) is 11.8 Å². The van der Waals surface area contributed by atoms with Crippen LogP contribution in [-0.2, 0) is 16.3 Å². The van der Waals surface area contributed by atoms with Crippen molar-refractivity contribution in [3.63, 3.8) is 0 Å². The van der Waals surface area contributed by atoms with Gasteiger partial charge in [0.15, 0.2) is 0 Å². The molecular weight excluding hydrogens is 189 g/mol. The van der Waals surface area contributed by atoms with Crippen LogP contribution in [0.15, 0.2) is 0 Å². The molecule has 1 saturated heterocycles. The molecule has 0 radical (unpaired) electrons. The van der Waals surface area contributed by atoms with Gasteiger partial charge < -0.3 is 4.52 Å². The van der Waals surface area contributed by atoms with Crippen LogP contribution in [0.5, 0.6) is 0 Å². The van der Waals surface area contributed by atoms with Gasteiger partial charge >= 0.3 is 0 Å². The molecule has 0 aromatic heterocycles. The lowest BCUT2D eigenvalue weighted by molar-refractivity contribution is 0.356. The zero-order valence-corrected chi connectivity index (χ0v) is 9.20. The van der Waals surface area contributed by atoms with Crippen LogP contribution in [0.25, 0.3) is 0 Å². The van der Waals surface area contributed by atoms with Gasteiger partial charge in [0.05, 0.1) is 0 Å². The Labute approximate surface area is 79.4 Å². The molecule has 1 heterocycles. The first kappa shape index (κ1) is 10.2. The second kappa shape index (κ2) is 3.89. The van der Waals surface area contributed by atoms with E-state index in [-0.39, 0.29) is 0 Å². The van der Waals surface area contributed by atoms with Crippen molar-refractivity contribution in [1.82, 2.24) is 4.67 Å². The number of nitrogens with zero attached hydrogens (tertiary/aromatic N) is 1. The Kier molecular flexibility index (Phi) is 3.31. The summed E-state index contributed by atoms with van der Waals surface area (Å²) in [6.45, 7) is 0.972. The molecule has 2 unspecified atom stereocenters. The molecule has 0 saturated carbocycles. The highest BCUT2D eigenvalue weighted by Crippen LogP contribution is 2.53. The molecule has 0 N–H and O–H groups in total. The summed E-state index contributed by atoms with van der Waals surface area (Å²) in [7, 11) is 3.72. The monoisotopic (exact) mass is 203 g/mol. The molecule has 1 aliphatic rings. The summed E-state index contributed by atoms with van der Waals surface area (Å²) >= 11 is 5.44. The van der Waals surface area contributed by atoms with Gasteiger partial charge in [0.2, 0.25) is 0 Å². The molecule has 1 rings (SSSR count). The third-order valence-corrected chi connectivity index (χ3v) is 6.74. The largest absolute Gasteiger partial charge is 0.341 e. The lowest BCUT2D eigenvalue weighted by atomic mass is 10.1. The van der Waals surface area contributed by atoms with Crippen molar-refractivity contribution in [2.45, 2.75) is 6.42 Å². The molecule has 2 nitrogen and oxygen atoms in total. The van der Waals surface area contributed by atoms with E-state index in [0.29, 0.717) is 5.92 Å². The predicted molar refractivity (Wildman–Crippen MR) is 55.7 cm³/mol. The van der Waals surface area contributed by atoms with Crippen LogP contribution in [0.4, 0.5) is 0 Å². The number of rotatable bonds is 1. The second-order valence-electron chi connectivity index (χ2n) is 3.04. The van der Waals surface area contributed by atoms with Crippen molar-refractivity contribution >= 4 is 18.2 Å². The summed E-state index contributed by atoms with van der Waals surface area (Å²) in [4.78, 5) is 0. The summed E-state index contributed by atoms with van der Waals surface area (Å²) in [6, 6.07) is 0. The van der Waals surface area contributed by atoms with E-state index in [0.717, 1.165) is 19.1 Å². The highest BCUT2D eigenvalue weighted by Gasteiger charge is 2.30. The van der Waals surface area contributed by atoms with Crippen molar-refractivity contribution < 1.29 is 4.52 Å². The minimum atomic E-state index is -1.73. The van der Waals surface area contributed by atoms with E-state index in [1.807, 2.05) is 7.05 Å². The van der Waals surface area contributed by atoms with E-state index in [9.17, 15) is 0 Å². The molecule has 2 atom stereocenters. The van der Waals surface area contributed by atoms with Crippen LogP contribution in [0.2, 0.25) is 0 Å². The molecular formula is C8H14NOPS. The minimum Gasteiger partial charge on any atom is -0.341 e. The molecule has 0 aliphatic carbocycles. The summed E-state index contributed by atoms with van der Waals surface area (Å²) in [6.07, 6.45) is 5.56. The van der Waals surface area contributed by atoms with Crippen LogP contribution < -0.4 is 0 Å². The van der Waals surface area contributed by atoms with E-state index in [1.165, 1.54) is 0 Å². The maximum atomic E-state index is 5.44. The van der Waals surface area contributed by atoms with Crippen LogP contribution in [0.1, 0.15) is 6.42 Å². The smallest absolute Gasteiger partial charge is 0.132 e. The molecule has 1 fully saturated rings. The molecule has 0 bridgehead atoms. The van der Waals surface area contributed by atoms with Gasteiger partial charge in [-0.2, -0.15) is 0 Å².